The number of carbonyl (C=O) groups excluding carboxylic acids is 1. The standard InChI is InChI=1S/C14H17N3O4/c1-8-15-11(13(19)20)9-5-6-17(12(9)16-8)7-10(18)21-14(2,3)4/h5-6H,7H2,1-4H3,(H,19,20). The Labute approximate surface area is 121 Å². The number of aromatic nitrogens is 3. The number of esters is 1. The van der Waals surface area contributed by atoms with E-state index in [0.29, 0.717) is 16.9 Å². The number of hydrogen-bond donors (Lipinski definition) is 1. The maximum Gasteiger partial charge on any atom is 0.355 e. The van der Waals surface area contributed by atoms with E-state index in [0.717, 1.165) is 0 Å². The number of ether oxygens (including phenoxy) is 1. The second-order valence-corrected chi connectivity index (χ2v) is 5.69. The van der Waals surface area contributed by atoms with Crippen LogP contribution in [0, 0.1) is 6.92 Å². The molecule has 0 aliphatic carbocycles. The fourth-order valence-corrected chi connectivity index (χ4v) is 1.98. The van der Waals surface area contributed by atoms with E-state index in [2.05, 4.69) is 9.97 Å². The molecule has 0 spiro atoms. The highest BCUT2D eigenvalue weighted by Crippen LogP contribution is 2.18. The van der Waals surface area contributed by atoms with Gasteiger partial charge in [-0.1, -0.05) is 0 Å². The molecule has 7 nitrogen and oxygen atoms in total. The number of rotatable bonds is 3. The normalized spacial score (nSPS) is 11.6. The molecule has 0 aromatic carbocycles. The van der Waals surface area contributed by atoms with Crippen LogP contribution in [0.5, 0.6) is 0 Å². The molecular formula is C14H17N3O4. The molecule has 7 heteroatoms. The van der Waals surface area contributed by atoms with Gasteiger partial charge in [0.05, 0.1) is 5.39 Å². The Kier molecular flexibility index (Phi) is 3.67. The van der Waals surface area contributed by atoms with E-state index < -0.39 is 17.5 Å². The van der Waals surface area contributed by atoms with Crippen molar-refractivity contribution in [3.63, 3.8) is 0 Å². The number of fused-ring (bicyclic) bond motifs is 1. The first-order valence-electron chi connectivity index (χ1n) is 6.46. The number of aryl methyl sites for hydroxylation is 1. The summed E-state index contributed by atoms with van der Waals surface area (Å²) in [6.07, 6.45) is 1.61. The van der Waals surface area contributed by atoms with Crippen LogP contribution < -0.4 is 0 Å². The molecule has 1 N–H and O–H groups in total. The number of aromatic carboxylic acids is 1. The number of nitrogens with zero attached hydrogens (tertiary/aromatic N) is 3. The maximum atomic E-state index is 11.9. The predicted octanol–water partition coefficient (Wildman–Crippen LogP) is 1.78. The summed E-state index contributed by atoms with van der Waals surface area (Å²) in [5.74, 6) is -1.20. The van der Waals surface area contributed by atoms with Crippen molar-refractivity contribution < 1.29 is 19.4 Å². The Balaban J connectivity index is 2.38. The van der Waals surface area contributed by atoms with Gasteiger partial charge in [0.15, 0.2) is 5.69 Å². The van der Waals surface area contributed by atoms with Gasteiger partial charge in [0.1, 0.15) is 23.6 Å². The summed E-state index contributed by atoms with van der Waals surface area (Å²) in [4.78, 5) is 31.2. The van der Waals surface area contributed by atoms with Crippen molar-refractivity contribution >= 4 is 23.0 Å². The highest BCUT2D eigenvalue weighted by atomic mass is 16.6. The van der Waals surface area contributed by atoms with Crippen LogP contribution >= 0.6 is 0 Å². The van der Waals surface area contributed by atoms with E-state index in [-0.39, 0.29) is 12.2 Å². The van der Waals surface area contributed by atoms with Crippen molar-refractivity contribution in [2.75, 3.05) is 0 Å². The van der Waals surface area contributed by atoms with E-state index in [1.165, 1.54) is 0 Å². The number of hydrogen-bond acceptors (Lipinski definition) is 5. The Morgan fingerprint density at radius 1 is 1.33 bits per heavy atom. The molecule has 2 heterocycles. The molecular weight excluding hydrogens is 274 g/mol. The fraction of sp³-hybridized carbons (Fsp3) is 0.429. The molecule has 0 saturated heterocycles. The third-order valence-corrected chi connectivity index (χ3v) is 2.65. The molecule has 0 bridgehead atoms. The molecule has 112 valence electrons. The van der Waals surface area contributed by atoms with Crippen LogP contribution in [-0.2, 0) is 16.1 Å². The zero-order valence-electron chi connectivity index (χ0n) is 12.4. The van der Waals surface area contributed by atoms with Gasteiger partial charge in [-0.05, 0) is 33.8 Å². The summed E-state index contributed by atoms with van der Waals surface area (Å²) >= 11 is 0. The van der Waals surface area contributed by atoms with E-state index in [9.17, 15) is 9.59 Å². The summed E-state index contributed by atoms with van der Waals surface area (Å²) < 4.78 is 6.81. The smallest absolute Gasteiger partial charge is 0.355 e. The molecule has 0 atom stereocenters. The number of carboxylic acid groups (broad SMARTS) is 1. The van der Waals surface area contributed by atoms with Crippen molar-refractivity contribution in [3.8, 4) is 0 Å². The van der Waals surface area contributed by atoms with E-state index in [4.69, 9.17) is 9.84 Å². The molecule has 0 aliphatic heterocycles. The van der Waals surface area contributed by atoms with Gasteiger partial charge in [-0.3, -0.25) is 4.79 Å². The molecule has 21 heavy (non-hydrogen) atoms. The van der Waals surface area contributed by atoms with Gasteiger partial charge in [-0.2, -0.15) is 0 Å². The van der Waals surface area contributed by atoms with Gasteiger partial charge in [0.2, 0.25) is 0 Å². The molecule has 0 aliphatic rings. The Bertz CT molecular complexity index is 713. The fourth-order valence-electron chi connectivity index (χ4n) is 1.98. The van der Waals surface area contributed by atoms with Crippen LogP contribution in [0.4, 0.5) is 0 Å². The van der Waals surface area contributed by atoms with Crippen LogP contribution in [-0.4, -0.2) is 37.2 Å². The molecule has 0 saturated carbocycles. The van der Waals surface area contributed by atoms with Gasteiger partial charge in [-0.25, -0.2) is 14.8 Å². The molecule has 2 aromatic rings. The second kappa shape index (κ2) is 5.16. The van der Waals surface area contributed by atoms with Crippen LogP contribution in [0.3, 0.4) is 0 Å². The summed E-state index contributed by atoms with van der Waals surface area (Å²) in [5.41, 5.74) is -0.233. The van der Waals surface area contributed by atoms with E-state index in [1.807, 2.05) is 0 Å². The average molecular weight is 291 g/mol. The van der Waals surface area contributed by atoms with Gasteiger partial charge >= 0.3 is 11.9 Å². The average Bonchev–Trinajstić information content (AvgIpc) is 2.68. The first-order valence-corrected chi connectivity index (χ1v) is 6.46. The first-order chi connectivity index (χ1) is 9.67. The Hall–Kier alpha value is -2.44. The van der Waals surface area contributed by atoms with Gasteiger partial charge < -0.3 is 14.4 Å². The van der Waals surface area contributed by atoms with E-state index >= 15 is 0 Å². The van der Waals surface area contributed by atoms with Crippen LogP contribution in [0.1, 0.15) is 37.1 Å². The predicted molar refractivity (Wildman–Crippen MR) is 75.1 cm³/mol. The van der Waals surface area contributed by atoms with Gasteiger partial charge in [0, 0.05) is 6.20 Å². The van der Waals surface area contributed by atoms with Crippen molar-refractivity contribution in [1.82, 2.24) is 14.5 Å². The van der Waals surface area contributed by atoms with Crippen LogP contribution in [0.25, 0.3) is 11.0 Å². The third kappa shape index (κ3) is 3.36. The highest BCUT2D eigenvalue weighted by molar-refractivity contribution is 6.00. The molecule has 0 radical (unpaired) electrons. The molecule has 0 unspecified atom stereocenters. The summed E-state index contributed by atoms with van der Waals surface area (Å²) in [7, 11) is 0. The summed E-state index contributed by atoms with van der Waals surface area (Å²) in [6, 6.07) is 1.59. The zero-order chi connectivity index (χ0) is 15.8. The topological polar surface area (TPSA) is 94.3 Å². The maximum absolute atomic E-state index is 11.9. The van der Waals surface area contributed by atoms with Crippen molar-refractivity contribution in [3.05, 3.63) is 23.8 Å². The minimum Gasteiger partial charge on any atom is -0.476 e. The SMILES string of the molecule is Cc1nc(C(=O)O)c2ccn(CC(=O)OC(C)(C)C)c2n1. The molecule has 2 rings (SSSR count). The second-order valence-electron chi connectivity index (χ2n) is 5.69. The van der Waals surface area contributed by atoms with Crippen molar-refractivity contribution in [2.45, 2.75) is 39.8 Å². The number of carboxylic acids is 1. The quantitative estimate of drug-likeness (QED) is 0.866. The van der Waals surface area contributed by atoms with Crippen LogP contribution in [0.2, 0.25) is 0 Å². The number of carbonyl (C=O) groups is 2. The van der Waals surface area contributed by atoms with Crippen LogP contribution in [0.15, 0.2) is 12.3 Å². The lowest BCUT2D eigenvalue weighted by molar-refractivity contribution is -0.155. The lowest BCUT2D eigenvalue weighted by atomic mass is 10.2. The zero-order valence-corrected chi connectivity index (χ0v) is 12.4. The minimum absolute atomic E-state index is 0.0315. The minimum atomic E-state index is -1.12. The highest BCUT2D eigenvalue weighted by Gasteiger charge is 2.19. The van der Waals surface area contributed by atoms with E-state index in [1.54, 1.807) is 44.5 Å². The van der Waals surface area contributed by atoms with Crippen molar-refractivity contribution in [2.24, 2.45) is 0 Å². The molecule has 0 fully saturated rings. The Morgan fingerprint density at radius 3 is 2.57 bits per heavy atom. The van der Waals surface area contributed by atoms with Crippen molar-refractivity contribution in [1.29, 1.82) is 0 Å². The third-order valence-electron chi connectivity index (χ3n) is 2.65. The lowest BCUT2D eigenvalue weighted by Gasteiger charge is -2.19. The first kappa shape index (κ1) is 15.0. The summed E-state index contributed by atoms with van der Waals surface area (Å²) in [5, 5.41) is 9.56. The Morgan fingerprint density at radius 2 is 2.00 bits per heavy atom. The van der Waals surface area contributed by atoms with Gasteiger partial charge in [0.25, 0.3) is 0 Å². The summed E-state index contributed by atoms with van der Waals surface area (Å²) in [6.45, 7) is 6.93. The molecule has 0 amide bonds. The lowest BCUT2D eigenvalue weighted by Crippen LogP contribution is -2.26. The largest absolute Gasteiger partial charge is 0.476 e. The van der Waals surface area contributed by atoms with Gasteiger partial charge in [-0.15, -0.1) is 0 Å². The monoisotopic (exact) mass is 291 g/mol. The molecule has 2 aromatic heterocycles.